The molecule has 3 amide bonds. The summed E-state index contributed by atoms with van der Waals surface area (Å²) in [4.78, 5) is 52.5. The predicted molar refractivity (Wildman–Crippen MR) is 153 cm³/mol. The van der Waals surface area contributed by atoms with Crippen LogP contribution in [0.15, 0.2) is 29.6 Å². The number of carboxylic acids is 1. The lowest BCUT2D eigenvalue weighted by molar-refractivity contribution is -0.143. The molecule has 2 heterocycles. The first-order chi connectivity index (χ1) is 18.9. The molecule has 1 saturated heterocycles. The molecule has 40 heavy (non-hydrogen) atoms. The average molecular weight is 576 g/mol. The number of carboxylic acid groups (broad SMARTS) is 1. The average Bonchev–Trinajstić information content (AvgIpc) is 3.31. The van der Waals surface area contributed by atoms with Crippen molar-refractivity contribution < 1.29 is 33.8 Å². The lowest BCUT2D eigenvalue weighted by atomic mass is 9.98. The zero-order valence-electron chi connectivity index (χ0n) is 23.9. The van der Waals surface area contributed by atoms with Crippen LogP contribution in [0.4, 0.5) is 4.79 Å². The van der Waals surface area contributed by atoms with Crippen molar-refractivity contribution in [3.63, 3.8) is 0 Å². The van der Waals surface area contributed by atoms with Gasteiger partial charge in [-0.15, -0.1) is 11.3 Å². The summed E-state index contributed by atoms with van der Waals surface area (Å²) in [6, 6.07) is 5.74. The number of hydrogen-bond acceptors (Lipinski definition) is 7. The van der Waals surface area contributed by atoms with Gasteiger partial charge in [0.05, 0.1) is 6.61 Å². The molecule has 1 aliphatic rings. The fraction of sp³-hybridized carbons (Fsp3) is 0.586. The quantitative estimate of drug-likeness (QED) is 0.364. The molecule has 220 valence electrons. The maximum absolute atomic E-state index is 13.4. The van der Waals surface area contributed by atoms with Crippen molar-refractivity contribution in [2.75, 3.05) is 13.2 Å². The minimum absolute atomic E-state index is 0.00580. The second kappa shape index (κ2) is 13.9. The number of aliphatic carboxylic acids is 1. The van der Waals surface area contributed by atoms with Gasteiger partial charge in [-0.05, 0) is 55.5 Å². The highest BCUT2D eigenvalue weighted by Gasteiger charge is 2.33. The number of nitrogens with one attached hydrogen (secondary N) is 2. The molecule has 4 atom stereocenters. The molecule has 3 rings (SSSR count). The number of fused-ring (bicyclic) bond motifs is 1. The number of nitrogens with zero attached hydrogens (tertiary/aromatic N) is 1. The Bertz CT molecular complexity index is 1190. The van der Waals surface area contributed by atoms with Crippen molar-refractivity contribution >= 4 is 45.3 Å². The summed E-state index contributed by atoms with van der Waals surface area (Å²) in [6.45, 7) is 9.91. The van der Waals surface area contributed by atoms with Gasteiger partial charge in [-0.3, -0.25) is 14.5 Å². The summed E-state index contributed by atoms with van der Waals surface area (Å²) < 4.78 is 12.3. The Kier molecular flexibility index (Phi) is 10.9. The zero-order valence-corrected chi connectivity index (χ0v) is 24.7. The van der Waals surface area contributed by atoms with Crippen molar-refractivity contribution in [1.82, 2.24) is 15.5 Å². The standard InChI is InChI=1S/C29H41N3O7S/c1-6-18(2)25(27(35)36)31-26(34)21(16-19-17-40-22-11-8-7-10-20(19)22)30-23(33)12-13-24-32(14-9-15-38-24)28(37)39-29(3,4)5/h7-8,10-11,17-18,21,24-25H,6,9,12-16H2,1-5H3,(H,30,33)(H,31,34)(H,35,36)/t18-,21-,24?,25-/m0/s1. The molecule has 0 aliphatic carbocycles. The van der Waals surface area contributed by atoms with E-state index in [4.69, 9.17) is 9.47 Å². The van der Waals surface area contributed by atoms with E-state index >= 15 is 0 Å². The van der Waals surface area contributed by atoms with Crippen molar-refractivity contribution in [2.45, 2.75) is 90.6 Å². The third kappa shape index (κ3) is 8.66. The fourth-order valence-corrected chi connectivity index (χ4v) is 5.51. The van der Waals surface area contributed by atoms with Crippen molar-refractivity contribution in [3.05, 3.63) is 35.2 Å². The highest BCUT2D eigenvalue weighted by Crippen LogP contribution is 2.27. The van der Waals surface area contributed by atoms with E-state index in [-0.39, 0.29) is 25.2 Å². The summed E-state index contributed by atoms with van der Waals surface area (Å²) in [7, 11) is 0. The van der Waals surface area contributed by atoms with Crippen LogP contribution in [0.2, 0.25) is 0 Å². The number of carbonyl (C=O) groups excluding carboxylic acids is 3. The van der Waals surface area contributed by atoms with Gasteiger partial charge in [-0.2, -0.15) is 0 Å². The molecular weight excluding hydrogens is 534 g/mol. The van der Waals surface area contributed by atoms with Crippen molar-refractivity contribution in [1.29, 1.82) is 0 Å². The summed E-state index contributed by atoms with van der Waals surface area (Å²) in [6.07, 6.45) is 0.558. The lowest BCUT2D eigenvalue weighted by Crippen LogP contribution is -2.54. The Labute approximate surface area is 239 Å². The van der Waals surface area contributed by atoms with E-state index in [0.717, 1.165) is 15.6 Å². The Hall–Kier alpha value is -3.18. The fourth-order valence-electron chi connectivity index (χ4n) is 4.53. The molecule has 0 saturated carbocycles. The van der Waals surface area contributed by atoms with Gasteiger partial charge in [-0.1, -0.05) is 38.5 Å². The highest BCUT2D eigenvalue weighted by atomic mass is 32.1. The number of hydrogen-bond donors (Lipinski definition) is 3. The number of benzene rings is 1. The van der Waals surface area contributed by atoms with Gasteiger partial charge in [0.2, 0.25) is 11.8 Å². The maximum atomic E-state index is 13.4. The van der Waals surface area contributed by atoms with Crippen LogP contribution in [0.25, 0.3) is 10.1 Å². The Morgan fingerprint density at radius 1 is 1.20 bits per heavy atom. The smallest absolute Gasteiger partial charge is 0.412 e. The van der Waals surface area contributed by atoms with Gasteiger partial charge in [0.1, 0.15) is 23.9 Å². The van der Waals surface area contributed by atoms with E-state index in [1.165, 1.54) is 4.90 Å². The summed E-state index contributed by atoms with van der Waals surface area (Å²) in [5.41, 5.74) is 0.231. The monoisotopic (exact) mass is 575 g/mol. The van der Waals surface area contributed by atoms with Crippen LogP contribution in [0.1, 0.15) is 65.9 Å². The number of rotatable bonds is 11. The molecule has 0 bridgehead atoms. The van der Waals surface area contributed by atoms with E-state index in [2.05, 4.69) is 10.6 Å². The molecule has 0 spiro atoms. The van der Waals surface area contributed by atoms with Gasteiger partial charge in [-0.25, -0.2) is 9.59 Å². The molecule has 11 heteroatoms. The summed E-state index contributed by atoms with van der Waals surface area (Å²) >= 11 is 1.55. The van der Waals surface area contributed by atoms with E-state index in [1.807, 2.05) is 36.6 Å². The summed E-state index contributed by atoms with van der Waals surface area (Å²) in [5, 5.41) is 18.1. The molecular formula is C29H41N3O7S. The lowest BCUT2D eigenvalue weighted by Gasteiger charge is -2.36. The molecule has 10 nitrogen and oxygen atoms in total. The predicted octanol–water partition coefficient (Wildman–Crippen LogP) is 4.31. The molecule has 1 unspecified atom stereocenters. The van der Waals surface area contributed by atoms with Crippen LogP contribution in [-0.4, -0.2) is 70.9 Å². The number of ether oxygens (including phenoxy) is 2. The zero-order chi connectivity index (χ0) is 29.4. The van der Waals surface area contributed by atoms with Crippen LogP contribution in [0, 0.1) is 5.92 Å². The van der Waals surface area contributed by atoms with Crippen LogP contribution in [-0.2, 0) is 30.3 Å². The Balaban J connectivity index is 1.72. The van der Waals surface area contributed by atoms with Crippen LogP contribution < -0.4 is 10.6 Å². The third-order valence-electron chi connectivity index (χ3n) is 6.86. The number of carbonyl (C=O) groups is 4. The molecule has 1 aliphatic heterocycles. The molecule has 1 fully saturated rings. The third-order valence-corrected chi connectivity index (χ3v) is 7.87. The highest BCUT2D eigenvalue weighted by molar-refractivity contribution is 7.17. The van der Waals surface area contributed by atoms with Gasteiger partial charge < -0.3 is 25.2 Å². The topological polar surface area (TPSA) is 134 Å². The van der Waals surface area contributed by atoms with Crippen molar-refractivity contribution in [2.24, 2.45) is 5.92 Å². The molecule has 3 N–H and O–H groups in total. The minimum Gasteiger partial charge on any atom is -0.480 e. The van der Waals surface area contributed by atoms with E-state index < -0.39 is 47.8 Å². The number of amides is 3. The van der Waals surface area contributed by atoms with E-state index in [9.17, 15) is 24.3 Å². The largest absolute Gasteiger partial charge is 0.480 e. The van der Waals surface area contributed by atoms with E-state index in [0.29, 0.717) is 26.0 Å². The molecule has 1 aromatic heterocycles. The Morgan fingerprint density at radius 3 is 2.60 bits per heavy atom. The number of thiophene rings is 1. The van der Waals surface area contributed by atoms with Crippen LogP contribution >= 0.6 is 11.3 Å². The van der Waals surface area contributed by atoms with Gasteiger partial charge >= 0.3 is 12.1 Å². The van der Waals surface area contributed by atoms with Gasteiger partial charge in [0.15, 0.2) is 0 Å². The Morgan fingerprint density at radius 2 is 1.93 bits per heavy atom. The normalized spacial score (nSPS) is 18.0. The molecule has 0 radical (unpaired) electrons. The first-order valence-electron chi connectivity index (χ1n) is 13.8. The minimum atomic E-state index is -1.12. The second-order valence-electron chi connectivity index (χ2n) is 11.2. The van der Waals surface area contributed by atoms with E-state index in [1.54, 1.807) is 39.0 Å². The molecule has 2 aromatic rings. The maximum Gasteiger partial charge on any atom is 0.412 e. The van der Waals surface area contributed by atoms with Crippen molar-refractivity contribution in [3.8, 4) is 0 Å². The first kappa shape index (κ1) is 31.3. The molecule has 1 aromatic carbocycles. The first-order valence-corrected chi connectivity index (χ1v) is 14.7. The van der Waals surface area contributed by atoms with Gasteiger partial charge in [0.25, 0.3) is 0 Å². The van der Waals surface area contributed by atoms with Gasteiger partial charge in [0, 0.05) is 30.5 Å². The van der Waals surface area contributed by atoms with Crippen LogP contribution in [0.3, 0.4) is 0 Å². The van der Waals surface area contributed by atoms with Crippen LogP contribution in [0.5, 0.6) is 0 Å². The summed E-state index contributed by atoms with van der Waals surface area (Å²) in [5.74, 6) is -2.36. The SMILES string of the molecule is CC[C@H](C)[C@H](NC(=O)[C@H](Cc1csc2ccccc12)NC(=O)CCC1OCCCN1C(=O)OC(C)(C)C)C(=O)O. The second-order valence-corrected chi connectivity index (χ2v) is 12.1.